The number of sulfone groups is 1. The number of aromatic nitrogens is 1. The number of pyridine rings is 1. The van der Waals surface area contributed by atoms with Crippen LogP contribution in [0.2, 0.25) is 0 Å². The fraction of sp³-hybridized carbons (Fsp3) is 0.357. The van der Waals surface area contributed by atoms with Crippen LogP contribution in [0.25, 0.3) is 10.9 Å². The fourth-order valence-electron chi connectivity index (χ4n) is 2.44. The van der Waals surface area contributed by atoms with E-state index in [2.05, 4.69) is 16.0 Å². The van der Waals surface area contributed by atoms with Gasteiger partial charge in [0.25, 0.3) is 0 Å². The summed E-state index contributed by atoms with van der Waals surface area (Å²) in [5, 5.41) is 1.13. The molecule has 1 aromatic carbocycles. The molecule has 1 saturated heterocycles. The van der Waals surface area contributed by atoms with Crippen molar-refractivity contribution in [2.45, 2.75) is 6.54 Å². The summed E-state index contributed by atoms with van der Waals surface area (Å²) in [5.41, 5.74) is 2.18. The molecular weight excluding hydrogens is 260 g/mol. The molecule has 2 aromatic rings. The van der Waals surface area contributed by atoms with E-state index >= 15 is 0 Å². The molecule has 0 spiro atoms. The van der Waals surface area contributed by atoms with Crippen LogP contribution >= 0.6 is 0 Å². The van der Waals surface area contributed by atoms with Gasteiger partial charge in [-0.3, -0.25) is 9.88 Å². The lowest BCUT2D eigenvalue weighted by Gasteiger charge is -2.26. The van der Waals surface area contributed by atoms with Crippen LogP contribution in [-0.4, -0.2) is 42.9 Å². The molecule has 0 bridgehead atoms. The van der Waals surface area contributed by atoms with Crippen molar-refractivity contribution >= 4 is 20.7 Å². The zero-order valence-electron chi connectivity index (χ0n) is 10.6. The van der Waals surface area contributed by atoms with E-state index in [-0.39, 0.29) is 11.5 Å². The first-order valence-corrected chi connectivity index (χ1v) is 8.22. The lowest BCUT2D eigenvalue weighted by atomic mass is 10.1. The molecular formula is C14H16N2O2S. The molecule has 19 heavy (non-hydrogen) atoms. The Morgan fingerprint density at radius 1 is 1.11 bits per heavy atom. The number of fused-ring (bicyclic) bond motifs is 1. The van der Waals surface area contributed by atoms with Crippen molar-refractivity contribution < 1.29 is 8.42 Å². The highest BCUT2D eigenvalue weighted by atomic mass is 32.2. The third-order valence-corrected chi connectivity index (χ3v) is 5.16. The van der Waals surface area contributed by atoms with E-state index in [0.717, 1.165) is 23.0 Å². The Morgan fingerprint density at radius 3 is 2.63 bits per heavy atom. The molecule has 0 atom stereocenters. The number of hydrogen-bond acceptors (Lipinski definition) is 4. The number of hydrogen-bond donors (Lipinski definition) is 0. The molecule has 0 saturated carbocycles. The van der Waals surface area contributed by atoms with Crippen molar-refractivity contribution in [2.24, 2.45) is 0 Å². The standard InChI is InChI=1S/C14H16N2O2S/c17-19(18)9-7-16(8-10-19)11-13-4-1-3-12-5-2-6-15-14(12)13/h1-6H,7-11H2. The Balaban J connectivity index is 1.83. The lowest BCUT2D eigenvalue weighted by molar-refractivity contribution is 0.288. The number of rotatable bonds is 2. The zero-order chi connectivity index (χ0) is 13.3. The molecule has 100 valence electrons. The van der Waals surface area contributed by atoms with Crippen LogP contribution in [0.5, 0.6) is 0 Å². The summed E-state index contributed by atoms with van der Waals surface area (Å²) in [5.74, 6) is 0.538. The van der Waals surface area contributed by atoms with Crippen molar-refractivity contribution in [3.8, 4) is 0 Å². The van der Waals surface area contributed by atoms with Gasteiger partial charge in [-0.25, -0.2) is 8.42 Å². The summed E-state index contributed by atoms with van der Waals surface area (Å²) < 4.78 is 22.8. The van der Waals surface area contributed by atoms with Gasteiger partial charge in [-0.2, -0.15) is 0 Å². The molecule has 2 heterocycles. The molecule has 0 radical (unpaired) electrons. The van der Waals surface area contributed by atoms with Gasteiger partial charge in [-0.05, 0) is 11.6 Å². The van der Waals surface area contributed by atoms with E-state index in [1.54, 1.807) is 6.20 Å². The lowest BCUT2D eigenvalue weighted by Crippen LogP contribution is -2.39. The molecule has 0 unspecified atom stereocenters. The summed E-state index contributed by atoms with van der Waals surface area (Å²) in [6.45, 7) is 2.00. The second-order valence-electron chi connectivity index (χ2n) is 4.92. The number of para-hydroxylation sites is 1. The Labute approximate surface area is 113 Å². The van der Waals surface area contributed by atoms with Crippen LogP contribution in [0, 0.1) is 0 Å². The van der Waals surface area contributed by atoms with Gasteiger partial charge in [0.15, 0.2) is 9.84 Å². The SMILES string of the molecule is O=S1(=O)CCN(Cc2cccc3cccnc23)CC1. The molecule has 5 heteroatoms. The third kappa shape index (κ3) is 2.77. The highest BCUT2D eigenvalue weighted by Gasteiger charge is 2.21. The molecule has 0 amide bonds. The van der Waals surface area contributed by atoms with E-state index < -0.39 is 9.84 Å². The quantitative estimate of drug-likeness (QED) is 0.833. The maximum atomic E-state index is 11.4. The van der Waals surface area contributed by atoms with E-state index in [1.165, 1.54) is 0 Å². The largest absolute Gasteiger partial charge is 0.297 e. The van der Waals surface area contributed by atoms with Crippen LogP contribution in [0.3, 0.4) is 0 Å². The summed E-state index contributed by atoms with van der Waals surface area (Å²) in [4.78, 5) is 6.62. The van der Waals surface area contributed by atoms with Crippen LogP contribution in [0.4, 0.5) is 0 Å². The first-order valence-electron chi connectivity index (χ1n) is 6.39. The number of nitrogens with zero attached hydrogens (tertiary/aromatic N) is 2. The second-order valence-corrected chi connectivity index (χ2v) is 7.22. The van der Waals surface area contributed by atoms with Crippen LogP contribution in [0.15, 0.2) is 36.5 Å². The monoisotopic (exact) mass is 276 g/mol. The van der Waals surface area contributed by atoms with Gasteiger partial charge >= 0.3 is 0 Å². The van der Waals surface area contributed by atoms with E-state index in [1.807, 2.05) is 24.3 Å². The van der Waals surface area contributed by atoms with E-state index in [9.17, 15) is 8.42 Å². The molecule has 1 aliphatic rings. The molecule has 4 nitrogen and oxygen atoms in total. The van der Waals surface area contributed by atoms with Crippen molar-refractivity contribution in [1.29, 1.82) is 0 Å². The Morgan fingerprint density at radius 2 is 1.84 bits per heavy atom. The average molecular weight is 276 g/mol. The van der Waals surface area contributed by atoms with Gasteiger partial charge in [0.1, 0.15) is 0 Å². The Bertz CT molecular complexity index is 678. The minimum absolute atomic E-state index is 0.269. The summed E-state index contributed by atoms with van der Waals surface area (Å²) in [7, 11) is -2.81. The molecule has 1 fully saturated rings. The first-order chi connectivity index (χ1) is 9.14. The molecule has 3 rings (SSSR count). The molecule has 0 N–H and O–H groups in total. The predicted molar refractivity (Wildman–Crippen MR) is 75.7 cm³/mol. The minimum Gasteiger partial charge on any atom is -0.297 e. The van der Waals surface area contributed by atoms with Crippen LogP contribution in [0.1, 0.15) is 5.56 Å². The Hall–Kier alpha value is -1.46. The van der Waals surface area contributed by atoms with Gasteiger partial charge in [0.2, 0.25) is 0 Å². The van der Waals surface area contributed by atoms with Gasteiger partial charge in [0, 0.05) is 31.2 Å². The van der Waals surface area contributed by atoms with Crippen molar-refractivity contribution in [2.75, 3.05) is 24.6 Å². The summed E-state index contributed by atoms with van der Waals surface area (Å²) in [6, 6.07) is 10.1. The van der Waals surface area contributed by atoms with E-state index in [0.29, 0.717) is 13.1 Å². The van der Waals surface area contributed by atoms with Gasteiger partial charge < -0.3 is 0 Å². The topological polar surface area (TPSA) is 50.3 Å². The van der Waals surface area contributed by atoms with Crippen LogP contribution < -0.4 is 0 Å². The maximum absolute atomic E-state index is 11.4. The predicted octanol–water partition coefficient (Wildman–Crippen LogP) is 1.47. The third-order valence-electron chi connectivity index (χ3n) is 3.55. The summed E-state index contributed by atoms with van der Waals surface area (Å²) >= 11 is 0. The minimum atomic E-state index is -2.81. The van der Waals surface area contributed by atoms with Gasteiger partial charge in [-0.1, -0.05) is 24.3 Å². The smallest absolute Gasteiger partial charge is 0.152 e. The highest BCUT2D eigenvalue weighted by Crippen LogP contribution is 2.18. The van der Waals surface area contributed by atoms with Crippen molar-refractivity contribution in [3.63, 3.8) is 0 Å². The van der Waals surface area contributed by atoms with Crippen molar-refractivity contribution in [3.05, 3.63) is 42.1 Å². The first kappa shape index (κ1) is 12.6. The molecule has 0 aliphatic carbocycles. The van der Waals surface area contributed by atoms with E-state index in [4.69, 9.17) is 0 Å². The van der Waals surface area contributed by atoms with Gasteiger partial charge in [-0.15, -0.1) is 0 Å². The maximum Gasteiger partial charge on any atom is 0.152 e. The molecule has 1 aromatic heterocycles. The van der Waals surface area contributed by atoms with Gasteiger partial charge in [0.05, 0.1) is 17.0 Å². The number of benzene rings is 1. The zero-order valence-corrected chi connectivity index (χ0v) is 11.4. The van der Waals surface area contributed by atoms with Crippen LogP contribution in [-0.2, 0) is 16.4 Å². The normalized spacial score (nSPS) is 19.6. The Kier molecular flexibility index (Phi) is 3.24. The fourth-order valence-corrected chi connectivity index (χ4v) is 3.72. The van der Waals surface area contributed by atoms with Crippen molar-refractivity contribution in [1.82, 2.24) is 9.88 Å². The summed E-state index contributed by atoms with van der Waals surface area (Å²) in [6.07, 6.45) is 1.80. The average Bonchev–Trinajstić information content (AvgIpc) is 2.42. The second kappa shape index (κ2) is 4.90. The highest BCUT2D eigenvalue weighted by molar-refractivity contribution is 7.91. The molecule has 1 aliphatic heterocycles.